The van der Waals surface area contributed by atoms with Crippen LogP contribution in [0.1, 0.15) is 19.4 Å². The summed E-state index contributed by atoms with van der Waals surface area (Å²) in [5.74, 6) is -1.47. The van der Waals surface area contributed by atoms with Gasteiger partial charge in [0.25, 0.3) is 0 Å². The number of carbonyl (C=O) groups is 1. The summed E-state index contributed by atoms with van der Waals surface area (Å²) in [7, 11) is 0. The van der Waals surface area contributed by atoms with Crippen molar-refractivity contribution in [3.05, 3.63) is 29.6 Å². The number of aliphatic carboxylic acids is 1. The molecule has 1 aromatic heterocycles. The van der Waals surface area contributed by atoms with Crippen LogP contribution in [0.3, 0.4) is 0 Å². The minimum atomic E-state index is -1.37. The zero-order chi connectivity index (χ0) is 14.2. The van der Waals surface area contributed by atoms with E-state index in [-0.39, 0.29) is 11.4 Å². The van der Waals surface area contributed by atoms with Crippen LogP contribution in [0.2, 0.25) is 0 Å². The summed E-state index contributed by atoms with van der Waals surface area (Å²) >= 11 is 0. The standard InChI is InChI=1S/C12H13FN4O2/c1-7-5-4-6-8(9(7)13)10-14-15-16-17(10)12(2,3)11(18)19/h4-6H,1-3H3,(H,18,19). The van der Waals surface area contributed by atoms with Crippen LogP contribution in [0.5, 0.6) is 0 Å². The first-order valence-corrected chi connectivity index (χ1v) is 5.63. The van der Waals surface area contributed by atoms with Gasteiger partial charge in [0.15, 0.2) is 11.4 Å². The van der Waals surface area contributed by atoms with Crippen molar-refractivity contribution < 1.29 is 14.3 Å². The Morgan fingerprint density at radius 1 is 1.42 bits per heavy atom. The molecule has 2 aromatic rings. The Morgan fingerprint density at radius 2 is 2.11 bits per heavy atom. The highest BCUT2D eigenvalue weighted by Crippen LogP contribution is 2.26. The number of halogens is 1. The molecule has 0 fully saturated rings. The Balaban J connectivity index is 2.63. The van der Waals surface area contributed by atoms with Gasteiger partial charge < -0.3 is 5.11 Å². The predicted molar refractivity (Wildman–Crippen MR) is 64.9 cm³/mol. The summed E-state index contributed by atoms with van der Waals surface area (Å²) in [6.07, 6.45) is 0. The fourth-order valence-electron chi connectivity index (χ4n) is 1.64. The molecule has 1 aromatic carbocycles. The van der Waals surface area contributed by atoms with E-state index in [1.54, 1.807) is 19.1 Å². The smallest absolute Gasteiger partial charge is 0.331 e. The maximum absolute atomic E-state index is 14.1. The Kier molecular flexibility index (Phi) is 3.05. The lowest BCUT2D eigenvalue weighted by Crippen LogP contribution is -2.37. The molecule has 1 N–H and O–H groups in total. The number of carboxylic acid groups (broad SMARTS) is 1. The fourth-order valence-corrected chi connectivity index (χ4v) is 1.64. The van der Waals surface area contributed by atoms with Crippen molar-refractivity contribution in [3.8, 4) is 11.4 Å². The molecule has 100 valence electrons. The number of nitrogens with zero attached hydrogens (tertiary/aromatic N) is 4. The molecular weight excluding hydrogens is 251 g/mol. The van der Waals surface area contributed by atoms with Crippen molar-refractivity contribution in [1.82, 2.24) is 20.2 Å². The van der Waals surface area contributed by atoms with Gasteiger partial charge in [-0.05, 0) is 42.8 Å². The molecule has 1 heterocycles. The van der Waals surface area contributed by atoms with E-state index in [2.05, 4.69) is 15.5 Å². The van der Waals surface area contributed by atoms with E-state index in [0.717, 1.165) is 4.68 Å². The van der Waals surface area contributed by atoms with Crippen molar-refractivity contribution in [2.75, 3.05) is 0 Å². The molecule has 2 rings (SSSR count). The highest BCUT2D eigenvalue weighted by molar-refractivity contribution is 5.76. The normalized spacial score (nSPS) is 11.6. The second kappa shape index (κ2) is 4.42. The van der Waals surface area contributed by atoms with Crippen LogP contribution in [0.25, 0.3) is 11.4 Å². The average Bonchev–Trinajstić information content (AvgIpc) is 2.82. The molecule has 7 heteroatoms. The molecule has 0 atom stereocenters. The number of tetrazole rings is 1. The Bertz CT molecular complexity index is 636. The maximum atomic E-state index is 14.1. The zero-order valence-corrected chi connectivity index (χ0v) is 10.8. The number of benzene rings is 1. The number of carboxylic acids is 1. The second-order valence-electron chi connectivity index (χ2n) is 4.71. The Labute approximate surface area is 108 Å². The topological polar surface area (TPSA) is 80.9 Å². The van der Waals surface area contributed by atoms with Gasteiger partial charge in [-0.3, -0.25) is 0 Å². The number of hydrogen-bond donors (Lipinski definition) is 1. The Hall–Kier alpha value is -2.31. The lowest BCUT2D eigenvalue weighted by molar-refractivity contribution is -0.146. The van der Waals surface area contributed by atoms with E-state index in [1.165, 1.54) is 19.9 Å². The van der Waals surface area contributed by atoms with E-state index < -0.39 is 17.3 Å². The van der Waals surface area contributed by atoms with Gasteiger partial charge in [0.2, 0.25) is 0 Å². The molecule has 0 radical (unpaired) electrons. The summed E-state index contributed by atoms with van der Waals surface area (Å²) in [6.45, 7) is 4.51. The molecule has 0 aliphatic heterocycles. The first kappa shape index (κ1) is 13.1. The molecule has 0 aliphatic rings. The number of rotatable bonds is 3. The molecule has 0 saturated carbocycles. The number of aryl methyl sites for hydroxylation is 1. The van der Waals surface area contributed by atoms with Crippen molar-refractivity contribution in [3.63, 3.8) is 0 Å². The van der Waals surface area contributed by atoms with Gasteiger partial charge in [0.05, 0.1) is 5.56 Å². The highest BCUT2D eigenvalue weighted by atomic mass is 19.1. The predicted octanol–water partition coefficient (Wildman–Crippen LogP) is 1.61. The molecule has 0 spiro atoms. The molecule has 0 amide bonds. The lowest BCUT2D eigenvalue weighted by Gasteiger charge is -2.20. The van der Waals surface area contributed by atoms with E-state index in [1.807, 2.05) is 0 Å². The largest absolute Gasteiger partial charge is 0.479 e. The van der Waals surface area contributed by atoms with Gasteiger partial charge in [-0.2, -0.15) is 0 Å². The molecule has 0 aliphatic carbocycles. The monoisotopic (exact) mass is 264 g/mol. The van der Waals surface area contributed by atoms with Crippen LogP contribution >= 0.6 is 0 Å². The van der Waals surface area contributed by atoms with Crippen LogP contribution in [-0.4, -0.2) is 31.3 Å². The van der Waals surface area contributed by atoms with Crippen molar-refractivity contribution >= 4 is 5.97 Å². The highest BCUT2D eigenvalue weighted by Gasteiger charge is 2.34. The summed E-state index contributed by atoms with van der Waals surface area (Å²) in [6, 6.07) is 4.80. The molecule has 6 nitrogen and oxygen atoms in total. The van der Waals surface area contributed by atoms with Crippen molar-refractivity contribution in [1.29, 1.82) is 0 Å². The summed E-state index contributed by atoms with van der Waals surface area (Å²) in [5, 5.41) is 20.0. The second-order valence-corrected chi connectivity index (χ2v) is 4.71. The number of aromatic nitrogens is 4. The quantitative estimate of drug-likeness (QED) is 0.910. The van der Waals surface area contributed by atoms with Gasteiger partial charge in [0, 0.05) is 0 Å². The van der Waals surface area contributed by atoms with E-state index >= 15 is 0 Å². The minimum Gasteiger partial charge on any atom is -0.479 e. The summed E-state index contributed by atoms with van der Waals surface area (Å²) in [4.78, 5) is 11.2. The molecule has 0 bridgehead atoms. The minimum absolute atomic E-state index is 0.0913. The molecule has 0 unspecified atom stereocenters. The third kappa shape index (κ3) is 2.07. The van der Waals surface area contributed by atoms with Crippen LogP contribution in [0.4, 0.5) is 4.39 Å². The summed E-state index contributed by atoms with van der Waals surface area (Å²) < 4.78 is 15.2. The van der Waals surface area contributed by atoms with Crippen LogP contribution in [0, 0.1) is 12.7 Å². The first-order chi connectivity index (χ1) is 8.85. The SMILES string of the molecule is Cc1cccc(-c2nnnn2C(C)(C)C(=O)O)c1F. The van der Waals surface area contributed by atoms with E-state index in [9.17, 15) is 14.3 Å². The van der Waals surface area contributed by atoms with Crippen LogP contribution in [0.15, 0.2) is 18.2 Å². The summed E-state index contributed by atoms with van der Waals surface area (Å²) in [5.41, 5.74) is -0.742. The van der Waals surface area contributed by atoms with Gasteiger partial charge in [0.1, 0.15) is 5.82 Å². The average molecular weight is 264 g/mol. The van der Waals surface area contributed by atoms with Gasteiger partial charge >= 0.3 is 5.97 Å². The van der Waals surface area contributed by atoms with E-state index in [4.69, 9.17) is 0 Å². The van der Waals surface area contributed by atoms with Crippen LogP contribution < -0.4 is 0 Å². The number of hydrogen-bond acceptors (Lipinski definition) is 4. The Morgan fingerprint density at radius 3 is 2.74 bits per heavy atom. The van der Waals surface area contributed by atoms with Gasteiger partial charge in [-0.25, -0.2) is 13.9 Å². The molecule has 0 saturated heterocycles. The fraction of sp³-hybridized carbons (Fsp3) is 0.333. The van der Waals surface area contributed by atoms with Crippen LogP contribution in [-0.2, 0) is 10.3 Å². The molecular formula is C12H13FN4O2. The lowest BCUT2D eigenvalue weighted by atomic mass is 10.0. The van der Waals surface area contributed by atoms with Crippen molar-refractivity contribution in [2.45, 2.75) is 26.3 Å². The van der Waals surface area contributed by atoms with Crippen molar-refractivity contribution in [2.24, 2.45) is 0 Å². The first-order valence-electron chi connectivity index (χ1n) is 5.63. The maximum Gasteiger partial charge on any atom is 0.331 e. The van der Waals surface area contributed by atoms with Gasteiger partial charge in [-0.15, -0.1) is 5.10 Å². The third-order valence-corrected chi connectivity index (χ3v) is 2.96. The molecule has 19 heavy (non-hydrogen) atoms. The third-order valence-electron chi connectivity index (χ3n) is 2.96. The van der Waals surface area contributed by atoms with Gasteiger partial charge in [-0.1, -0.05) is 12.1 Å². The zero-order valence-electron chi connectivity index (χ0n) is 10.8. The van der Waals surface area contributed by atoms with E-state index in [0.29, 0.717) is 5.56 Å².